The molecule has 0 atom stereocenters. The molecule has 0 aromatic heterocycles. The minimum Gasteiger partial charge on any atom is -0.491 e. The predicted molar refractivity (Wildman–Crippen MR) is 74.3 cm³/mol. The Morgan fingerprint density at radius 1 is 1.42 bits per heavy atom. The third kappa shape index (κ3) is 5.92. The fraction of sp³-hybridized carbons (Fsp3) is 0.462. The van der Waals surface area contributed by atoms with Crippen LogP contribution in [0, 0.1) is 0 Å². The number of carbonyl (C=O) groups excluding carboxylic acids is 1. The Labute approximate surface area is 118 Å². The van der Waals surface area contributed by atoms with Gasteiger partial charge < -0.3 is 20.5 Å². The Balaban J connectivity index is 2.58. The fourth-order valence-corrected chi connectivity index (χ4v) is 1.75. The summed E-state index contributed by atoms with van der Waals surface area (Å²) in [6.45, 7) is 2.22. The maximum Gasteiger partial charge on any atom is 0.220 e. The zero-order valence-corrected chi connectivity index (χ0v) is 11.7. The molecule has 19 heavy (non-hydrogen) atoms. The number of methoxy groups -OCH3 is 1. The van der Waals surface area contributed by atoms with Crippen LogP contribution in [0.3, 0.4) is 0 Å². The van der Waals surface area contributed by atoms with E-state index in [4.69, 9.17) is 26.8 Å². The third-order valence-corrected chi connectivity index (χ3v) is 2.74. The lowest BCUT2D eigenvalue weighted by Gasteiger charge is -2.13. The standard InChI is InChI=1S/C13H19ClN2O3/c1-18-8-6-16-9-10-3-2-4-11(14)13(10)19-7-5-12(15)17/h2-4,16H,5-9H2,1H3,(H2,15,17). The van der Waals surface area contributed by atoms with E-state index in [-0.39, 0.29) is 13.0 Å². The molecule has 1 rings (SSSR count). The summed E-state index contributed by atoms with van der Waals surface area (Å²) in [4.78, 5) is 10.7. The van der Waals surface area contributed by atoms with E-state index in [0.717, 1.165) is 12.1 Å². The van der Waals surface area contributed by atoms with Crippen LogP contribution in [0.15, 0.2) is 18.2 Å². The predicted octanol–water partition coefficient (Wildman–Crippen LogP) is 1.33. The topological polar surface area (TPSA) is 73.6 Å². The van der Waals surface area contributed by atoms with Gasteiger partial charge in [-0.05, 0) is 6.07 Å². The van der Waals surface area contributed by atoms with Crippen molar-refractivity contribution in [3.05, 3.63) is 28.8 Å². The normalized spacial score (nSPS) is 10.4. The van der Waals surface area contributed by atoms with Crippen molar-refractivity contribution in [1.29, 1.82) is 0 Å². The van der Waals surface area contributed by atoms with Crippen molar-refractivity contribution in [1.82, 2.24) is 5.32 Å². The zero-order valence-electron chi connectivity index (χ0n) is 10.9. The molecular formula is C13H19ClN2O3. The SMILES string of the molecule is COCCNCc1cccc(Cl)c1OCCC(N)=O. The Hall–Kier alpha value is -1.30. The molecule has 0 aliphatic rings. The van der Waals surface area contributed by atoms with E-state index in [2.05, 4.69) is 5.32 Å². The molecule has 0 radical (unpaired) electrons. The monoisotopic (exact) mass is 286 g/mol. The molecule has 0 unspecified atom stereocenters. The molecule has 1 aromatic carbocycles. The molecule has 0 aliphatic carbocycles. The molecule has 0 heterocycles. The summed E-state index contributed by atoms with van der Waals surface area (Å²) in [5.74, 6) is 0.196. The van der Waals surface area contributed by atoms with Gasteiger partial charge in [-0.3, -0.25) is 4.79 Å². The number of hydrogen-bond acceptors (Lipinski definition) is 4. The maximum absolute atomic E-state index is 10.7. The van der Waals surface area contributed by atoms with Gasteiger partial charge in [-0.1, -0.05) is 23.7 Å². The van der Waals surface area contributed by atoms with Crippen LogP contribution < -0.4 is 15.8 Å². The molecule has 6 heteroatoms. The first kappa shape index (κ1) is 15.8. The van der Waals surface area contributed by atoms with Crippen LogP contribution in [0.25, 0.3) is 0 Å². The first-order chi connectivity index (χ1) is 9.15. The molecule has 5 nitrogen and oxygen atoms in total. The van der Waals surface area contributed by atoms with E-state index in [9.17, 15) is 4.79 Å². The second-order valence-corrected chi connectivity index (χ2v) is 4.37. The van der Waals surface area contributed by atoms with E-state index < -0.39 is 5.91 Å². The number of carbonyl (C=O) groups is 1. The number of ether oxygens (including phenoxy) is 2. The number of primary amides is 1. The number of rotatable bonds is 9. The summed E-state index contributed by atoms with van der Waals surface area (Å²) >= 11 is 6.09. The number of amides is 1. The molecule has 1 amide bonds. The Morgan fingerprint density at radius 2 is 2.21 bits per heavy atom. The average Bonchev–Trinajstić information content (AvgIpc) is 2.37. The van der Waals surface area contributed by atoms with Crippen LogP contribution in [-0.2, 0) is 16.1 Å². The van der Waals surface area contributed by atoms with Gasteiger partial charge in [-0.15, -0.1) is 0 Å². The fourth-order valence-electron chi connectivity index (χ4n) is 1.51. The molecule has 0 fully saturated rings. The van der Waals surface area contributed by atoms with Crippen LogP contribution in [0.1, 0.15) is 12.0 Å². The minimum atomic E-state index is -0.396. The maximum atomic E-state index is 10.7. The van der Waals surface area contributed by atoms with Gasteiger partial charge >= 0.3 is 0 Å². The van der Waals surface area contributed by atoms with Gasteiger partial charge in [0.1, 0.15) is 5.75 Å². The Morgan fingerprint density at radius 3 is 2.89 bits per heavy atom. The summed E-state index contributed by atoms with van der Waals surface area (Å²) < 4.78 is 10.5. The van der Waals surface area contributed by atoms with Gasteiger partial charge in [-0.2, -0.15) is 0 Å². The Kier molecular flexibility index (Phi) is 7.25. The molecular weight excluding hydrogens is 268 g/mol. The second-order valence-electron chi connectivity index (χ2n) is 3.96. The minimum absolute atomic E-state index is 0.168. The molecule has 0 bridgehead atoms. The van der Waals surface area contributed by atoms with Crippen molar-refractivity contribution in [3.63, 3.8) is 0 Å². The van der Waals surface area contributed by atoms with Gasteiger partial charge in [0.05, 0.1) is 24.7 Å². The van der Waals surface area contributed by atoms with Crippen LogP contribution in [0.5, 0.6) is 5.75 Å². The molecule has 0 spiro atoms. The molecule has 0 aliphatic heterocycles. The van der Waals surface area contributed by atoms with E-state index in [0.29, 0.717) is 23.9 Å². The van der Waals surface area contributed by atoms with Crippen LogP contribution in [0.2, 0.25) is 5.02 Å². The van der Waals surface area contributed by atoms with Crippen LogP contribution in [-0.4, -0.2) is 32.8 Å². The smallest absolute Gasteiger partial charge is 0.220 e. The summed E-state index contributed by atoms with van der Waals surface area (Å²) in [5, 5.41) is 3.74. The van der Waals surface area contributed by atoms with Crippen molar-refractivity contribution < 1.29 is 14.3 Å². The number of benzene rings is 1. The number of halogens is 1. The van der Waals surface area contributed by atoms with Crippen molar-refractivity contribution >= 4 is 17.5 Å². The van der Waals surface area contributed by atoms with Gasteiger partial charge in [0.2, 0.25) is 5.91 Å². The number of hydrogen-bond donors (Lipinski definition) is 2. The zero-order chi connectivity index (χ0) is 14.1. The number of para-hydroxylation sites is 1. The Bertz CT molecular complexity index is 413. The van der Waals surface area contributed by atoms with Crippen molar-refractivity contribution in [2.24, 2.45) is 5.73 Å². The van der Waals surface area contributed by atoms with E-state index in [1.165, 1.54) is 0 Å². The highest BCUT2D eigenvalue weighted by Crippen LogP contribution is 2.28. The quantitative estimate of drug-likeness (QED) is 0.672. The molecule has 0 saturated carbocycles. The molecule has 0 saturated heterocycles. The van der Waals surface area contributed by atoms with Crippen LogP contribution >= 0.6 is 11.6 Å². The van der Waals surface area contributed by atoms with E-state index in [1.54, 1.807) is 13.2 Å². The molecule has 3 N–H and O–H groups in total. The van der Waals surface area contributed by atoms with Crippen molar-refractivity contribution in [2.75, 3.05) is 26.9 Å². The highest BCUT2D eigenvalue weighted by molar-refractivity contribution is 6.32. The van der Waals surface area contributed by atoms with E-state index >= 15 is 0 Å². The van der Waals surface area contributed by atoms with Crippen molar-refractivity contribution in [2.45, 2.75) is 13.0 Å². The molecule has 1 aromatic rings. The molecule has 106 valence electrons. The first-order valence-corrected chi connectivity index (χ1v) is 6.41. The summed E-state index contributed by atoms with van der Waals surface area (Å²) in [6, 6.07) is 5.53. The highest BCUT2D eigenvalue weighted by Gasteiger charge is 2.08. The second kappa shape index (κ2) is 8.74. The van der Waals surface area contributed by atoms with Gasteiger partial charge in [-0.25, -0.2) is 0 Å². The van der Waals surface area contributed by atoms with Gasteiger partial charge in [0.25, 0.3) is 0 Å². The summed E-state index contributed by atoms with van der Waals surface area (Å²) in [6.07, 6.45) is 0.168. The number of nitrogens with one attached hydrogen (secondary N) is 1. The van der Waals surface area contributed by atoms with Gasteiger partial charge in [0.15, 0.2) is 0 Å². The summed E-state index contributed by atoms with van der Waals surface area (Å²) in [7, 11) is 1.65. The largest absolute Gasteiger partial charge is 0.491 e. The lowest BCUT2D eigenvalue weighted by atomic mass is 10.2. The highest BCUT2D eigenvalue weighted by atomic mass is 35.5. The first-order valence-electron chi connectivity index (χ1n) is 6.03. The lowest BCUT2D eigenvalue weighted by molar-refractivity contribution is -0.118. The van der Waals surface area contributed by atoms with Crippen LogP contribution in [0.4, 0.5) is 0 Å². The van der Waals surface area contributed by atoms with E-state index in [1.807, 2.05) is 12.1 Å². The average molecular weight is 287 g/mol. The third-order valence-electron chi connectivity index (χ3n) is 2.44. The van der Waals surface area contributed by atoms with Gasteiger partial charge in [0, 0.05) is 25.8 Å². The lowest BCUT2D eigenvalue weighted by Crippen LogP contribution is -2.19. The summed E-state index contributed by atoms with van der Waals surface area (Å²) in [5.41, 5.74) is 6.01. The van der Waals surface area contributed by atoms with Crippen molar-refractivity contribution in [3.8, 4) is 5.75 Å². The number of nitrogens with two attached hydrogens (primary N) is 1.